The second-order valence-corrected chi connectivity index (χ2v) is 7.16. The van der Waals surface area contributed by atoms with Crippen molar-refractivity contribution in [1.29, 1.82) is 0 Å². The Bertz CT molecular complexity index is 765. The van der Waals surface area contributed by atoms with E-state index in [-0.39, 0.29) is 17.2 Å². The number of methoxy groups -OCH3 is 1. The van der Waals surface area contributed by atoms with Gasteiger partial charge >= 0.3 is 0 Å². The molecular formula is C21H24N2O3. The molecule has 1 aliphatic carbocycles. The molecule has 1 unspecified atom stereocenters. The molecule has 1 atom stereocenters. The van der Waals surface area contributed by atoms with Gasteiger partial charge in [0.15, 0.2) is 0 Å². The van der Waals surface area contributed by atoms with Crippen LogP contribution in [0.25, 0.3) is 0 Å². The number of anilines is 1. The molecule has 1 aliphatic heterocycles. The van der Waals surface area contributed by atoms with Crippen molar-refractivity contribution in [2.75, 3.05) is 25.5 Å². The number of rotatable bonds is 5. The average molecular weight is 352 g/mol. The summed E-state index contributed by atoms with van der Waals surface area (Å²) >= 11 is 0. The lowest BCUT2D eigenvalue weighted by Gasteiger charge is -2.23. The van der Waals surface area contributed by atoms with Gasteiger partial charge in [-0.2, -0.15) is 0 Å². The number of carbonyl (C=O) groups is 1. The molecule has 2 aliphatic rings. The first-order chi connectivity index (χ1) is 12.7. The molecule has 0 radical (unpaired) electrons. The third kappa shape index (κ3) is 3.53. The van der Waals surface area contributed by atoms with Crippen molar-refractivity contribution in [2.24, 2.45) is 11.3 Å². The summed E-state index contributed by atoms with van der Waals surface area (Å²) < 4.78 is 11.0. The van der Waals surface area contributed by atoms with Gasteiger partial charge in [0.25, 0.3) is 0 Å². The first-order valence-corrected chi connectivity index (χ1v) is 9.12. The number of hydrogen-bond donors (Lipinski definition) is 2. The van der Waals surface area contributed by atoms with E-state index in [1.165, 1.54) is 0 Å². The number of ether oxygens (including phenoxy) is 2. The molecule has 0 aromatic heterocycles. The lowest BCUT2D eigenvalue weighted by molar-refractivity contribution is -0.118. The van der Waals surface area contributed by atoms with Crippen molar-refractivity contribution in [3.63, 3.8) is 0 Å². The summed E-state index contributed by atoms with van der Waals surface area (Å²) in [6.07, 6.45) is 3.25. The zero-order valence-electron chi connectivity index (χ0n) is 15.0. The van der Waals surface area contributed by atoms with Crippen LogP contribution in [0.2, 0.25) is 0 Å². The number of amides is 1. The minimum absolute atomic E-state index is 0.149. The smallest absolute Gasteiger partial charge is 0.228 e. The number of carbonyl (C=O) groups excluding carboxylic acids is 1. The normalized spacial score (nSPS) is 20.4. The van der Waals surface area contributed by atoms with Crippen molar-refractivity contribution in [2.45, 2.75) is 19.3 Å². The zero-order chi connectivity index (χ0) is 18.0. The van der Waals surface area contributed by atoms with Crippen LogP contribution in [0.3, 0.4) is 0 Å². The predicted octanol–water partition coefficient (Wildman–Crippen LogP) is 3.82. The van der Waals surface area contributed by atoms with Gasteiger partial charge < -0.3 is 20.1 Å². The summed E-state index contributed by atoms with van der Waals surface area (Å²) in [5.74, 6) is 2.58. The van der Waals surface area contributed by atoms with Crippen molar-refractivity contribution >= 4 is 11.6 Å². The molecule has 2 fully saturated rings. The fraction of sp³-hybridized carbons (Fsp3) is 0.381. The Balaban J connectivity index is 1.33. The predicted molar refractivity (Wildman–Crippen MR) is 101 cm³/mol. The minimum atomic E-state index is 0.149. The van der Waals surface area contributed by atoms with Gasteiger partial charge in [-0.1, -0.05) is 0 Å². The molecule has 26 heavy (non-hydrogen) atoms. The number of hydrogen-bond acceptors (Lipinski definition) is 4. The van der Waals surface area contributed by atoms with E-state index in [4.69, 9.17) is 9.47 Å². The summed E-state index contributed by atoms with van der Waals surface area (Å²) in [5, 5.41) is 6.42. The molecule has 0 bridgehead atoms. The van der Waals surface area contributed by atoms with Crippen LogP contribution in [0.15, 0.2) is 48.5 Å². The van der Waals surface area contributed by atoms with E-state index in [9.17, 15) is 4.79 Å². The molecule has 4 rings (SSSR count). The van der Waals surface area contributed by atoms with E-state index >= 15 is 0 Å². The highest BCUT2D eigenvalue weighted by Crippen LogP contribution is 2.58. The van der Waals surface area contributed by atoms with Crippen molar-refractivity contribution < 1.29 is 14.3 Å². The van der Waals surface area contributed by atoms with E-state index in [0.717, 1.165) is 55.3 Å². The Kier molecular flexibility index (Phi) is 4.55. The summed E-state index contributed by atoms with van der Waals surface area (Å²) in [5.41, 5.74) is 1.07. The van der Waals surface area contributed by atoms with E-state index < -0.39 is 0 Å². The average Bonchev–Trinajstić information content (AvgIpc) is 3.37. The van der Waals surface area contributed by atoms with Gasteiger partial charge in [0.05, 0.1) is 7.11 Å². The van der Waals surface area contributed by atoms with Crippen LogP contribution in [0.1, 0.15) is 19.3 Å². The summed E-state index contributed by atoms with van der Waals surface area (Å²) in [6, 6.07) is 14.9. The third-order valence-corrected chi connectivity index (χ3v) is 5.52. The molecule has 2 aromatic carbocycles. The molecule has 1 saturated heterocycles. The number of piperidine rings is 1. The lowest BCUT2D eigenvalue weighted by atomic mass is 9.92. The Morgan fingerprint density at radius 2 is 1.58 bits per heavy atom. The van der Waals surface area contributed by atoms with Gasteiger partial charge in [0.2, 0.25) is 5.91 Å². The summed E-state index contributed by atoms with van der Waals surface area (Å²) in [4.78, 5) is 12.5. The standard InChI is InChI=1S/C21H24N2O3/c1-25-16-6-8-18(9-7-16)26-17-4-2-15(3-5-17)23-20(24)19-14-21(19)10-12-22-13-11-21/h2-9,19,22H,10-14H2,1H3,(H,23,24). The molecule has 5 heteroatoms. The van der Waals surface area contributed by atoms with E-state index in [1.54, 1.807) is 7.11 Å². The quantitative estimate of drug-likeness (QED) is 0.859. The van der Waals surface area contributed by atoms with Crippen LogP contribution in [0.5, 0.6) is 17.2 Å². The van der Waals surface area contributed by atoms with Crippen molar-refractivity contribution in [3.8, 4) is 17.2 Å². The minimum Gasteiger partial charge on any atom is -0.497 e. The van der Waals surface area contributed by atoms with Crippen LogP contribution >= 0.6 is 0 Å². The molecule has 5 nitrogen and oxygen atoms in total. The molecule has 1 amide bonds. The largest absolute Gasteiger partial charge is 0.497 e. The van der Waals surface area contributed by atoms with Crippen molar-refractivity contribution in [3.05, 3.63) is 48.5 Å². The second-order valence-electron chi connectivity index (χ2n) is 7.16. The molecule has 1 heterocycles. The van der Waals surface area contributed by atoms with E-state index in [1.807, 2.05) is 48.5 Å². The Morgan fingerprint density at radius 3 is 2.19 bits per heavy atom. The van der Waals surface area contributed by atoms with Crippen LogP contribution < -0.4 is 20.1 Å². The maximum Gasteiger partial charge on any atom is 0.228 e. The molecule has 2 aromatic rings. The van der Waals surface area contributed by atoms with E-state index in [2.05, 4.69) is 10.6 Å². The van der Waals surface area contributed by atoms with Gasteiger partial charge in [-0.3, -0.25) is 4.79 Å². The Labute approximate surface area is 153 Å². The van der Waals surface area contributed by atoms with Gasteiger partial charge in [-0.25, -0.2) is 0 Å². The fourth-order valence-electron chi connectivity index (χ4n) is 3.81. The number of nitrogens with one attached hydrogen (secondary N) is 2. The fourth-order valence-corrected chi connectivity index (χ4v) is 3.81. The Morgan fingerprint density at radius 1 is 1.00 bits per heavy atom. The van der Waals surface area contributed by atoms with Crippen LogP contribution in [-0.2, 0) is 4.79 Å². The highest BCUT2D eigenvalue weighted by atomic mass is 16.5. The topological polar surface area (TPSA) is 59.6 Å². The summed E-state index contributed by atoms with van der Waals surface area (Å²) in [6.45, 7) is 2.06. The maximum absolute atomic E-state index is 12.5. The second kappa shape index (κ2) is 7.00. The van der Waals surface area contributed by atoms with Gasteiger partial charge in [-0.05, 0) is 86.3 Å². The van der Waals surface area contributed by atoms with Gasteiger partial charge in [-0.15, -0.1) is 0 Å². The third-order valence-electron chi connectivity index (χ3n) is 5.52. The monoisotopic (exact) mass is 352 g/mol. The summed E-state index contributed by atoms with van der Waals surface area (Å²) in [7, 11) is 1.64. The van der Waals surface area contributed by atoms with Crippen LogP contribution in [0, 0.1) is 11.3 Å². The van der Waals surface area contributed by atoms with Crippen molar-refractivity contribution in [1.82, 2.24) is 5.32 Å². The van der Waals surface area contributed by atoms with Crippen LogP contribution in [0.4, 0.5) is 5.69 Å². The number of benzene rings is 2. The molecule has 2 N–H and O–H groups in total. The lowest BCUT2D eigenvalue weighted by Crippen LogP contribution is -2.31. The maximum atomic E-state index is 12.5. The Hall–Kier alpha value is -2.53. The van der Waals surface area contributed by atoms with E-state index in [0.29, 0.717) is 0 Å². The highest BCUT2D eigenvalue weighted by Gasteiger charge is 2.57. The van der Waals surface area contributed by atoms with Gasteiger partial charge in [0, 0.05) is 11.6 Å². The highest BCUT2D eigenvalue weighted by molar-refractivity contribution is 5.95. The first kappa shape index (κ1) is 16.9. The zero-order valence-corrected chi connectivity index (χ0v) is 15.0. The first-order valence-electron chi connectivity index (χ1n) is 9.12. The molecular weight excluding hydrogens is 328 g/mol. The molecule has 136 valence electrons. The van der Waals surface area contributed by atoms with Gasteiger partial charge in [0.1, 0.15) is 17.2 Å². The van der Waals surface area contributed by atoms with Crippen LogP contribution in [-0.4, -0.2) is 26.1 Å². The molecule has 1 spiro atoms. The molecule has 1 saturated carbocycles. The SMILES string of the molecule is COc1ccc(Oc2ccc(NC(=O)C3CC34CCNCC4)cc2)cc1.